The number of thioether (sulfide) groups is 1. The Morgan fingerprint density at radius 1 is 1.08 bits per heavy atom. The molecule has 4 rings (SSSR count). The summed E-state index contributed by atoms with van der Waals surface area (Å²) in [4.78, 5) is 0. The molecule has 3 aromatic rings. The molecule has 0 saturated heterocycles. The van der Waals surface area contributed by atoms with Gasteiger partial charge in [0.15, 0.2) is 5.82 Å². The SMILES string of the molecule is CC(Sc1nnc(C2CCCCC2)n1N)c1nnc(-c2ccccc2)o1. The molecule has 7 nitrogen and oxygen atoms in total. The highest BCUT2D eigenvalue weighted by molar-refractivity contribution is 7.99. The molecular formula is C18H22N6OS. The molecule has 26 heavy (non-hydrogen) atoms. The van der Waals surface area contributed by atoms with Gasteiger partial charge in [-0.1, -0.05) is 49.2 Å². The van der Waals surface area contributed by atoms with Gasteiger partial charge >= 0.3 is 0 Å². The van der Waals surface area contributed by atoms with Crippen LogP contribution in [0.1, 0.15) is 61.9 Å². The van der Waals surface area contributed by atoms with Gasteiger partial charge in [-0.05, 0) is 31.9 Å². The molecule has 1 aliphatic carbocycles. The second kappa shape index (κ2) is 7.49. The quantitative estimate of drug-likeness (QED) is 0.537. The maximum Gasteiger partial charge on any atom is 0.247 e. The highest BCUT2D eigenvalue weighted by Gasteiger charge is 2.25. The van der Waals surface area contributed by atoms with Gasteiger partial charge < -0.3 is 10.3 Å². The van der Waals surface area contributed by atoms with Gasteiger partial charge in [0.1, 0.15) is 0 Å². The molecule has 0 radical (unpaired) electrons. The van der Waals surface area contributed by atoms with Crippen LogP contribution in [0.4, 0.5) is 0 Å². The third kappa shape index (κ3) is 3.46. The Morgan fingerprint density at radius 3 is 2.62 bits per heavy atom. The molecule has 2 heterocycles. The molecule has 1 atom stereocenters. The van der Waals surface area contributed by atoms with Crippen LogP contribution in [0.25, 0.3) is 11.5 Å². The third-order valence-electron chi connectivity index (χ3n) is 4.75. The largest absolute Gasteiger partial charge is 0.419 e. The van der Waals surface area contributed by atoms with E-state index in [1.54, 1.807) is 4.68 Å². The molecule has 136 valence electrons. The van der Waals surface area contributed by atoms with Crippen LogP contribution in [0, 0.1) is 0 Å². The second-order valence-corrected chi connectivity index (χ2v) is 7.93. The first-order chi connectivity index (χ1) is 12.7. The van der Waals surface area contributed by atoms with Crippen LogP contribution in [0.3, 0.4) is 0 Å². The summed E-state index contributed by atoms with van der Waals surface area (Å²) in [5.41, 5.74) is 0.907. The number of hydrogen-bond acceptors (Lipinski definition) is 7. The number of nitrogens with zero attached hydrogens (tertiary/aromatic N) is 5. The topological polar surface area (TPSA) is 95.7 Å². The molecule has 1 fully saturated rings. The summed E-state index contributed by atoms with van der Waals surface area (Å²) in [6.07, 6.45) is 6.05. The van der Waals surface area contributed by atoms with Gasteiger partial charge in [0, 0.05) is 11.5 Å². The van der Waals surface area contributed by atoms with Crippen molar-refractivity contribution in [1.29, 1.82) is 0 Å². The molecule has 0 amide bonds. The predicted octanol–water partition coefficient (Wildman–Crippen LogP) is 3.94. The van der Waals surface area contributed by atoms with Gasteiger partial charge in [0.25, 0.3) is 0 Å². The Labute approximate surface area is 156 Å². The van der Waals surface area contributed by atoms with Crippen LogP contribution in [0.15, 0.2) is 39.9 Å². The van der Waals surface area contributed by atoms with Crippen molar-refractivity contribution in [2.75, 3.05) is 5.84 Å². The average Bonchev–Trinajstić information content (AvgIpc) is 3.31. The number of benzene rings is 1. The van der Waals surface area contributed by atoms with Crippen LogP contribution in [-0.4, -0.2) is 25.1 Å². The van der Waals surface area contributed by atoms with Crippen LogP contribution in [0.2, 0.25) is 0 Å². The third-order valence-corrected chi connectivity index (χ3v) is 5.80. The minimum absolute atomic E-state index is 0.0642. The standard InChI is InChI=1S/C18H22N6OS/c1-12(16-21-22-17(25-16)14-10-6-3-7-11-14)26-18-23-20-15(24(18)19)13-8-4-2-5-9-13/h3,6-7,10-13H,2,4-5,8-9,19H2,1H3. The lowest BCUT2D eigenvalue weighted by molar-refractivity contribution is 0.421. The summed E-state index contributed by atoms with van der Waals surface area (Å²) in [5.74, 6) is 8.63. The van der Waals surface area contributed by atoms with Gasteiger partial charge in [0.2, 0.25) is 16.9 Å². The maximum atomic E-state index is 6.26. The summed E-state index contributed by atoms with van der Waals surface area (Å²) in [7, 11) is 0. The lowest BCUT2D eigenvalue weighted by Gasteiger charge is -2.20. The van der Waals surface area contributed by atoms with Crippen molar-refractivity contribution in [3.8, 4) is 11.5 Å². The number of nitrogens with two attached hydrogens (primary N) is 1. The first-order valence-corrected chi connectivity index (χ1v) is 9.86. The van der Waals surface area contributed by atoms with Crippen molar-refractivity contribution in [1.82, 2.24) is 25.1 Å². The Morgan fingerprint density at radius 2 is 1.85 bits per heavy atom. The fourth-order valence-corrected chi connectivity index (χ4v) is 4.12. The first kappa shape index (κ1) is 17.1. The predicted molar refractivity (Wildman–Crippen MR) is 100 cm³/mol. The van der Waals surface area contributed by atoms with E-state index in [1.165, 1.54) is 31.0 Å². The van der Waals surface area contributed by atoms with E-state index < -0.39 is 0 Å². The van der Waals surface area contributed by atoms with Gasteiger partial charge in [-0.2, -0.15) is 0 Å². The Balaban J connectivity index is 1.48. The Bertz CT molecular complexity index is 856. The van der Waals surface area contributed by atoms with Gasteiger partial charge in [-0.15, -0.1) is 20.4 Å². The number of aromatic nitrogens is 5. The fourth-order valence-electron chi connectivity index (χ4n) is 3.31. The lowest BCUT2D eigenvalue weighted by Crippen LogP contribution is -2.18. The van der Waals surface area contributed by atoms with E-state index in [1.807, 2.05) is 37.3 Å². The number of rotatable bonds is 5. The molecule has 1 saturated carbocycles. The molecule has 8 heteroatoms. The molecule has 0 aliphatic heterocycles. The molecule has 1 aromatic carbocycles. The molecule has 2 N–H and O–H groups in total. The molecule has 1 aliphatic rings. The first-order valence-electron chi connectivity index (χ1n) is 8.98. The number of hydrogen-bond donors (Lipinski definition) is 1. The summed E-state index contributed by atoms with van der Waals surface area (Å²) < 4.78 is 7.46. The highest BCUT2D eigenvalue weighted by Crippen LogP contribution is 2.36. The minimum atomic E-state index is -0.0642. The highest BCUT2D eigenvalue weighted by atomic mass is 32.2. The van der Waals surface area contributed by atoms with Crippen LogP contribution >= 0.6 is 11.8 Å². The summed E-state index contributed by atoms with van der Waals surface area (Å²) >= 11 is 1.48. The number of nitrogen functional groups attached to an aromatic ring is 1. The van der Waals surface area contributed by atoms with Crippen molar-refractivity contribution in [2.24, 2.45) is 0 Å². The zero-order valence-corrected chi connectivity index (χ0v) is 15.5. The van der Waals surface area contributed by atoms with Gasteiger partial charge in [-0.25, -0.2) is 4.68 Å². The fraction of sp³-hybridized carbons (Fsp3) is 0.444. The van der Waals surface area contributed by atoms with E-state index in [9.17, 15) is 0 Å². The van der Waals surface area contributed by atoms with E-state index in [4.69, 9.17) is 10.3 Å². The van der Waals surface area contributed by atoms with Crippen LogP contribution < -0.4 is 5.84 Å². The Hall–Kier alpha value is -2.35. The molecule has 0 spiro atoms. The van der Waals surface area contributed by atoms with Crippen LogP contribution in [0.5, 0.6) is 0 Å². The monoisotopic (exact) mass is 370 g/mol. The smallest absolute Gasteiger partial charge is 0.247 e. The van der Waals surface area contributed by atoms with Crippen molar-refractivity contribution in [3.05, 3.63) is 42.0 Å². The Kier molecular flexibility index (Phi) is 4.92. The zero-order valence-electron chi connectivity index (χ0n) is 14.7. The van der Waals surface area contributed by atoms with Gasteiger partial charge in [-0.3, -0.25) is 0 Å². The lowest BCUT2D eigenvalue weighted by atomic mass is 9.89. The summed E-state index contributed by atoms with van der Waals surface area (Å²) in [6, 6.07) is 9.74. The van der Waals surface area contributed by atoms with Crippen molar-refractivity contribution in [3.63, 3.8) is 0 Å². The van der Waals surface area contributed by atoms with Crippen molar-refractivity contribution < 1.29 is 4.42 Å². The van der Waals surface area contributed by atoms with E-state index in [0.29, 0.717) is 22.9 Å². The summed E-state index contributed by atoms with van der Waals surface area (Å²) in [6.45, 7) is 2.00. The van der Waals surface area contributed by atoms with E-state index >= 15 is 0 Å². The average molecular weight is 370 g/mol. The molecular weight excluding hydrogens is 348 g/mol. The van der Waals surface area contributed by atoms with Gasteiger partial charge in [0.05, 0.1) is 5.25 Å². The van der Waals surface area contributed by atoms with Crippen molar-refractivity contribution >= 4 is 11.8 Å². The second-order valence-electron chi connectivity index (χ2n) is 6.62. The zero-order chi connectivity index (χ0) is 17.9. The molecule has 0 bridgehead atoms. The van der Waals surface area contributed by atoms with E-state index in [0.717, 1.165) is 24.2 Å². The maximum absolute atomic E-state index is 6.26. The molecule has 2 aromatic heterocycles. The van der Waals surface area contributed by atoms with Crippen LogP contribution in [-0.2, 0) is 0 Å². The normalized spacial score (nSPS) is 16.7. The molecule has 1 unspecified atom stereocenters. The minimum Gasteiger partial charge on any atom is -0.419 e. The summed E-state index contributed by atoms with van der Waals surface area (Å²) in [5, 5.41) is 17.6. The van der Waals surface area contributed by atoms with Crippen molar-refractivity contribution in [2.45, 2.75) is 55.4 Å². The van der Waals surface area contributed by atoms with E-state index in [-0.39, 0.29) is 5.25 Å². The van der Waals surface area contributed by atoms with E-state index in [2.05, 4.69) is 20.4 Å².